The number of fused-ring (bicyclic) bond motifs is 1. The van der Waals surface area contributed by atoms with E-state index in [1.165, 1.54) is 20.5 Å². The van der Waals surface area contributed by atoms with E-state index < -0.39 is 5.69 Å². The van der Waals surface area contributed by atoms with Crippen LogP contribution in [0.1, 0.15) is 31.2 Å². The van der Waals surface area contributed by atoms with Crippen molar-refractivity contribution in [2.75, 3.05) is 13.1 Å². The predicted octanol–water partition coefficient (Wildman–Crippen LogP) is 2.87. The average molecular weight is 412 g/mol. The molecule has 3 heterocycles. The summed E-state index contributed by atoms with van der Waals surface area (Å²) in [6.45, 7) is 1.77. The van der Waals surface area contributed by atoms with Gasteiger partial charge in [-0.25, -0.2) is 4.79 Å². The van der Waals surface area contributed by atoms with Gasteiger partial charge in [0.1, 0.15) is 11.2 Å². The van der Waals surface area contributed by atoms with Crippen molar-refractivity contribution in [3.63, 3.8) is 0 Å². The van der Waals surface area contributed by atoms with Crippen LogP contribution in [-0.4, -0.2) is 33.0 Å². The van der Waals surface area contributed by atoms with Gasteiger partial charge in [-0.3, -0.25) is 18.7 Å². The molecule has 1 amide bonds. The quantitative estimate of drug-likeness (QED) is 0.649. The van der Waals surface area contributed by atoms with E-state index in [2.05, 4.69) is 0 Å². The Morgan fingerprint density at radius 1 is 0.931 bits per heavy atom. The number of carbonyl (C=O) groups is 1. The van der Waals surface area contributed by atoms with Crippen molar-refractivity contribution < 1.29 is 4.79 Å². The van der Waals surface area contributed by atoms with Gasteiger partial charge in [-0.05, 0) is 36.3 Å². The second-order valence-corrected chi connectivity index (χ2v) is 8.41. The number of nitrogens with zero attached hydrogens (tertiary/aromatic N) is 3. The lowest BCUT2D eigenvalue weighted by atomic mass is 10.1. The highest BCUT2D eigenvalue weighted by molar-refractivity contribution is 7.17. The van der Waals surface area contributed by atoms with Crippen molar-refractivity contribution >= 4 is 27.5 Å². The smallest absolute Gasteiger partial charge is 0.332 e. The fourth-order valence-electron chi connectivity index (χ4n) is 3.92. The van der Waals surface area contributed by atoms with Crippen molar-refractivity contribution in [2.45, 2.75) is 45.2 Å². The van der Waals surface area contributed by atoms with Gasteiger partial charge in [0.05, 0.1) is 5.52 Å². The molecular weight excluding hydrogens is 386 g/mol. The molecule has 0 spiro atoms. The van der Waals surface area contributed by atoms with Gasteiger partial charge in [-0.1, -0.05) is 43.2 Å². The molecule has 0 N–H and O–H groups in total. The van der Waals surface area contributed by atoms with Crippen LogP contribution in [0, 0.1) is 0 Å². The third-order valence-corrected chi connectivity index (χ3v) is 6.45. The molecule has 29 heavy (non-hydrogen) atoms. The van der Waals surface area contributed by atoms with Gasteiger partial charge < -0.3 is 4.90 Å². The number of hydrogen-bond acceptors (Lipinski definition) is 4. The zero-order chi connectivity index (χ0) is 20.2. The summed E-state index contributed by atoms with van der Waals surface area (Å²) >= 11 is 1.32. The summed E-state index contributed by atoms with van der Waals surface area (Å²) in [6.07, 6.45) is 4.88. The molecule has 3 aromatic rings. The van der Waals surface area contributed by atoms with Gasteiger partial charge in [0.2, 0.25) is 5.91 Å². The molecule has 1 fully saturated rings. The van der Waals surface area contributed by atoms with Gasteiger partial charge in [-0.2, -0.15) is 0 Å². The second kappa shape index (κ2) is 8.78. The zero-order valence-corrected chi connectivity index (χ0v) is 17.2. The molecule has 152 valence electrons. The minimum absolute atomic E-state index is 0.0162. The molecular formula is C22H25N3O3S. The minimum atomic E-state index is -0.403. The molecule has 6 nitrogen and oxygen atoms in total. The van der Waals surface area contributed by atoms with Gasteiger partial charge in [-0.15, -0.1) is 11.3 Å². The maximum atomic E-state index is 13.2. The topological polar surface area (TPSA) is 64.3 Å². The highest BCUT2D eigenvalue weighted by atomic mass is 32.1. The first-order valence-corrected chi connectivity index (χ1v) is 11.1. The van der Waals surface area contributed by atoms with Crippen molar-refractivity contribution in [3.8, 4) is 0 Å². The minimum Gasteiger partial charge on any atom is -0.341 e. The summed E-state index contributed by atoms with van der Waals surface area (Å²) in [4.78, 5) is 40.8. The first kappa shape index (κ1) is 19.6. The zero-order valence-electron chi connectivity index (χ0n) is 16.4. The molecule has 0 radical (unpaired) electrons. The number of aromatic nitrogens is 2. The highest BCUT2D eigenvalue weighted by Crippen LogP contribution is 2.16. The number of rotatable bonds is 5. The lowest BCUT2D eigenvalue weighted by Crippen LogP contribution is -2.43. The van der Waals surface area contributed by atoms with Gasteiger partial charge in [0.25, 0.3) is 5.56 Å². The van der Waals surface area contributed by atoms with Crippen LogP contribution in [0.25, 0.3) is 10.2 Å². The average Bonchev–Trinajstić information content (AvgIpc) is 3.06. The van der Waals surface area contributed by atoms with E-state index in [1.54, 1.807) is 11.4 Å². The van der Waals surface area contributed by atoms with Crippen LogP contribution in [0.5, 0.6) is 0 Å². The Bertz CT molecular complexity index is 1110. The summed E-state index contributed by atoms with van der Waals surface area (Å²) in [5.41, 5.74) is 0.954. The Kier molecular flexibility index (Phi) is 5.94. The summed E-state index contributed by atoms with van der Waals surface area (Å²) in [5, 5.41) is 1.81. The predicted molar refractivity (Wildman–Crippen MR) is 116 cm³/mol. The molecule has 1 saturated heterocycles. The lowest BCUT2D eigenvalue weighted by Gasteiger charge is -2.21. The number of aryl methyl sites for hydroxylation is 1. The van der Waals surface area contributed by atoms with Gasteiger partial charge in [0.15, 0.2) is 0 Å². The fourth-order valence-corrected chi connectivity index (χ4v) is 4.77. The maximum Gasteiger partial charge on any atom is 0.332 e. The molecule has 0 unspecified atom stereocenters. The number of thiophene rings is 1. The SMILES string of the molecule is O=C(Cn1c(=O)n(CCc2ccccc2)c(=O)c2sccc21)N1CCCCCC1. The molecule has 0 aliphatic carbocycles. The molecule has 0 saturated carbocycles. The molecule has 1 aliphatic rings. The molecule has 1 aliphatic heterocycles. The maximum absolute atomic E-state index is 13.2. The molecule has 4 rings (SSSR count). The molecule has 0 bridgehead atoms. The monoisotopic (exact) mass is 411 g/mol. The molecule has 1 aromatic carbocycles. The third-order valence-electron chi connectivity index (χ3n) is 5.56. The third kappa shape index (κ3) is 4.19. The van der Waals surface area contributed by atoms with E-state index in [0.717, 1.165) is 44.3 Å². The Morgan fingerprint density at radius 2 is 1.66 bits per heavy atom. The van der Waals surface area contributed by atoms with E-state index in [4.69, 9.17) is 0 Å². The van der Waals surface area contributed by atoms with E-state index in [-0.39, 0.29) is 18.0 Å². The largest absolute Gasteiger partial charge is 0.341 e. The van der Waals surface area contributed by atoms with Crippen LogP contribution in [-0.2, 0) is 24.3 Å². The number of carbonyl (C=O) groups excluding carboxylic acids is 1. The standard InChI is InChI=1S/C22H25N3O3S/c26-19(23-12-6-1-2-7-13-23)16-25-18-11-15-29-20(18)21(27)24(22(25)28)14-10-17-8-4-3-5-9-17/h3-5,8-9,11,15H,1-2,6-7,10,12-14,16H2. The van der Waals surface area contributed by atoms with Crippen LogP contribution >= 0.6 is 11.3 Å². The van der Waals surface area contributed by atoms with E-state index in [1.807, 2.05) is 35.2 Å². The van der Waals surface area contributed by atoms with Gasteiger partial charge in [0, 0.05) is 19.6 Å². The van der Waals surface area contributed by atoms with Crippen LogP contribution in [0.15, 0.2) is 51.4 Å². The first-order chi connectivity index (χ1) is 14.1. The summed E-state index contributed by atoms with van der Waals surface area (Å²) in [5.74, 6) is -0.0465. The number of likely N-dealkylation sites (tertiary alicyclic amines) is 1. The Hall–Kier alpha value is -2.67. The second-order valence-electron chi connectivity index (χ2n) is 7.49. The van der Waals surface area contributed by atoms with E-state index in [9.17, 15) is 14.4 Å². The van der Waals surface area contributed by atoms with Crippen LogP contribution in [0.2, 0.25) is 0 Å². The van der Waals surface area contributed by atoms with Crippen LogP contribution in [0.4, 0.5) is 0 Å². The van der Waals surface area contributed by atoms with Crippen LogP contribution < -0.4 is 11.2 Å². The van der Waals surface area contributed by atoms with Gasteiger partial charge >= 0.3 is 5.69 Å². The fraction of sp³-hybridized carbons (Fsp3) is 0.409. The molecule has 2 aromatic heterocycles. The Labute approximate surface area is 173 Å². The highest BCUT2D eigenvalue weighted by Gasteiger charge is 2.20. The van der Waals surface area contributed by atoms with Crippen molar-refractivity contribution in [1.82, 2.24) is 14.0 Å². The number of benzene rings is 1. The summed E-state index contributed by atoms with van der Waals surface area (Å²) < 4.78 is 3.29. The normalized spacial score (nSPS) is 14.8. The van der Waals surface area contributed by atoms with Crippen molar-refractivity contribution in [2.24, 2.45) is 0 Å². The Morgan fingerprint density at radius 3 is 2.38 bits per heavy atom. The van der Waals surface area contributed by atoms with Crippen LogP contribution in [0.3, 0.4) is 0 Å². The first-order valence-electron chi connectivity index (χ1n) is 10.2. The van der Waals surface area contributed by atoms with E-state index >= 15 is 0 Å². The lowest BCUT2D eigenvalue weighted by molar-refractivity contribution is -0.131. The summed E-state index contributed by atoms with van der Waals surface area (Å²) in [6, 6.07) is 11.6. The Balaban J connectivity index is 1.66. The molecule has 0 atom stereocenters. The van der Waals surface area contributed by atoms with Crippen molar-refractivity contribution in [3.05, 3.63) is 68.2 Å². The number of amides is 1. The molecule has 7 heteroatoms. The summed E-state index contributed by atoms with van der Waals surface area (Å²) in [7, 11) is 0. The van der Waals surface area contributed by atoms with E-state index in [0.29, 0.717) is 23.2 Å². The number of hydrogen-bond donors (Lipinski definition) is 0. The van der Waals surface area contributed by atoms with Crippen molar-refractivity contribution in [1.29, 1.82) is 0 Å².